The lowest BCUT2D eigenvalue weighted by Gasteiger charge is -2.35. The van der Waals surface area contributed by atoms with Crippen molar-refractivity contribution in [3.05, 3.63) is 65.7 Å². The summed E-state index contributed by atoms with van der Waals surface area (Å²) in [5.41, 5.74) is 8.21. The van der Waals surface area contributed by atoms with E-state index in [-0.39, 0.29) is 30.7 Å². The number of rotatable bonds is 6. The van der Waals surface area contributed by atoms with Gasteiger partial charge < -0.3 is 15.4 Å². The molecule has 154 valence electrons. The maximum atomic E-state index is 12.6. The van der Waals surface area contributed by atoms with Gasteiger partial charge in [0.25, 0.3) is 0 Å². The van der Waals surface area contributed by atoms with Crippen molar-refractivity contribution in [1.82, 2.24) is 9.80 Å². The predicted molar refractivity (Wildman–Crippen MR) is 118 cm³/mol. The van der Waals surface area contributed by atoms with E-state index in [1.807, 2.05) is 66.4 Å². The number of benzene rings is 2. The van der Waals surface area contributed by atoms with Gasteiger partial charge in [-0.3, -0.25) is 9.69 Å². The molecule has 1 amide bonds. The zero-order valence-electron chi connectivity index (χ0n) is 16.1. The van der Waals surface area contributed by atoms with Crippen LogP contribution in [0.25, 0.3) is 0 Å². The Hall–Kier alpha value is -1.79. The van der Waals surface area contributed by atoms with Crippen LogP contribution in [0.3, 0.4) is 0 Å². The van der Waals surface area contributed by atoms with Crippen LogP contribution in [-0.4, -0.2) is 55.0 Å². The fraction of sp³-hybridized carbons (Fsp3) is 0.381. The summed E-state index contributed by atoms with van der Waals surface area (Å²) in [5, 5.41) is 0. The minimum atomic E-state index is -0.580. The summed E-state index contributed by atoms with van der Waals surface area (Å²) in [4.78, 5) is 16.8. The van der Waals surface area contributed by atoms with Crippen LogP contribution in [0.2, 0.25) is 0 Å². The van der Waals surface area contributed by atoms with Gasteiger partial charge in [0, 0.05) is 32.7 Å². The van der Waals surface area contributed by atoms with Crippen molar-refractivity contribution >= 4 is 30.7 Å². The average molecular weight is 426 g/mol. The third kappa shape index (κ3) is 6.67. The molecule has 7 heteroatoms. The van der Waals surface area contributed by atoms with Crippen molar-refractivity contribution in [1.29, 1.82) is 0 Å². The van der Waals surface area contributed by atoms with Crippen LogP contribution in [0.1, 0.15) is 17.2 Å². The first-order valence-corrected chi connectivity index (χ1v) is 9.14. The Labute approximate surface area is 179 Å². The maximum Gasteiger partial charge on any atom is 0.244 e. The van der Waals surface area contributed by atoms with Gasteiger partial charge in [-0.25, -0.2) is 0 Å². The minimum absolute atomic E-state index is 0. The van der Waals surface area contributed by atoms with E-state index < -0.39 is 6.04 Å². The molecule has 2 aromatic carbocycles. The van der Waals surface area contributed by atoms with Crippen molar-refractivity contribution in [2.45, 2.75) is 13.0 Å². The Kier molecular flexibility index (Phi) is 10.3. The molecule has 1 unspecified atom stereocenters. The fourth-order valence-electron chi connectivity index (χ4n) is 3.11. The first-order valence-electron chi connectivity index (χ1n) is 9.14. The Balaban J connectivity index is 0.00000196. The second-order valence-corrected chi connectivity index (χ2v) is 6.72. The monoisotopic (exact) mass is 425 g/mol. The summed E-state index contributed by atoms with van der Waals surface area (Å²) in [6.45, 7) is 6.67. The highest BCUT2D eigenvalue weighted by Gasteiger charge is 2.26. The molecule has 3 rings (SSSR count). The summed E-state index contributed by atoms with van der Waals surface area (Å²) in [7, 11) is 0. The maximum absolute atomic E-state index is 12.6. The Bertz CT molecular complexity index is 705. The molecule has 1 fully saturated rings. The third-order valence-electron chi connectivity index (χ3n) is 4.81. The van der Waals surface area contributed by atoms with E-state index in [1.54, 1.807) is 0 Å². The van der Waals surface area contributed by atoms with Crippen LogP contribution in [0.15, 0.2) is 54.6 Å². The predicted octanol–water partition coefficient (Wildman–Crippen LogP) is 3.06. The van der Waals surface area contributed by atoms with Gasteiger partial charge in [-0.2, -0.15) is 0 Å². The Morgan fingerprint density at radius 1 is 1.00 bits per heavy atom. The number of ether oxygens (including phenoxy) is 1. The van der Waals surface area contributed by atoms with Crippen LogP contribution in [0, 0.1) is 6.92 Å². The van der Waals surface area contributed by atoms with Gasteiger partial charge in [0.05, 0.1) is 0 Å². The highest BCUT2D eigenvalue weighted by Crippen LogP contribution is 2.16. The lowest BCUT2D eigenvalue weighted by atomic mass is 10.0. The van der Waals surface area contributed by atoms with Gasteiger partial charge in [-0.1, -0.05) is 48.0 Å². The van der Waals surface area contributed by atoms with Crippen LogP contribution in [-0.2, 0) is 4.79 Å². The molecule has 1 atom stereocenters. The molecule has 1 heterocycles. The zero-order chi connectivity index (χ0) is 18.4. The number of para-hydroxylation sites is 1. The molecule has 1 aliphatic rings. The van der Waals surface area contributed by atoms with Crippen LogP contribution < -0.4 is 10.5 Å². The van der Waals surface area contributed by atoms with Gasteiger partial charge in [0.2, 0.25) is 5.91 Å². The lowest BCUT2D eigenvalue weighted by molar-refractivity contribution is -0.134. The number of carbonyl (C=O) groups excluding carboxylic acids is 1. The molecule has 5 nitrogen and oxygen atoms in total. The molecule has 2 aromatic rings. The SMILES string of the molecule is Cc1ccc(C(N)C(=O)N2CCN(CCOc3ccccc3)CC2)cc1.Cl.Cl. The molecule has 28 heavy (non-hydrogen) atoms. The van der Waals surface area contributed by atoms with Crippen LogP contribution in [0.5, 0.6) is 5.75 Å². The number of nitrogens with two attached hydrogens (primary N) is 1. The van der Waals surface area contributed by atoms with Crippen molar-refractivity contribution in [2.24, 2.45) is 5.73 Å². The van der Waals surface area contributed by atoms with Crippen LogP contribution in [0.4, 0.5) is 0 Å². The van der Waals surface area contributed by atoms with E-state index in [9.17, 15) is 4.79 Å². The molecule has 0 aliphatic carbocycles. The number of nitrogens with zero attached hydrogens (tertiary/aromatic N) is 2. The van der Waals surface area contributed by atoms with Crippen LogP contribution >= 0.6 is 24.8 Å². The Morgan fingerprint density at radius 2 is 1.61 bits per heavy atom. The average Bonchev–Trinajstić information content (AvgIpc) is 2.69. The summed E-state index contributed by atoms with van der Waals surface area (Å²) < 4.78 is 5.75. The fourth-order valence-corrected chi connectivity index (χ4v) is 3.11. The second kappa shape index (κ2) is 11.9. The van der Waals surface area contributed by atoms with Gasteiger partial charge in [0.15, 0.2) is 0 Å². The molecular formula is C21H29Cl2N3O2. The number of halogens is 2. The van der Waals surface area contributed by atoms with Crippen molar-refractivity contribution in [3.63, 3.8) is 0 Å². The summed E-state index contributed by atoms with van der Waals surface area (Å²) >= 11 is 0. The third-order valence-corrected chi connectivity index (χ3v) is 4.81. The van der Waals surface area contributed by atoms with Gasteiger partial charge in [-0.15, -0.1) is 24.8 Å². The summed E-state index contributed by atoms with van der Waals surface area (Å²) in [5.74, 6) is 0.902. The molecule has 2 N–H and O–H groups in total. The topological polar surface area (TPSA) is 58.8 Å². The van der Waals surface area contributed by atoms with Gasteiger partial charge in [-0.05, 0) is 24.6 Å². The number of piperazine rings is 1. The second-order valence-electron chi connectivity index (χ2n) is 6.72. The molecule has 1 saturated heterocycles. The quantitative estimate of drug-likeness (QED) is 0.772. The van der Waals surface area contributed by atoms with E-state index in [0.717, 1.165) is 30.9 Å². The molecular weight excluding hydrogens is 397 g/mol. The summed E-state index contributed by atoms with van der Waals surface area (Å²) in [6, 6.07) is 17.1. The Morgan fingerprint density at radius 3 is 2.21 bits per heavy atom. The molecule has 0 aromatic heterocycles. The van der Waals surface area contributed by atoms with E-state index >= 15 is 0 Å². The number of carbonyl (C=O) groups is 1. The lowest BCUT2D eigenvalue weighted by Crippen LogP contribution is -2.51. The van der Waals surface area contributed by atoms with Crippen molar-refractivity contribution < 1.29 is 9.53 Å². The van der Waals surface area contributed by atoms with Gasteiger partial charge in [0.1, 0.15) is 18.4 Å². The number of hydrogen-bond acceptors (Lipinski definition) is 4. The van der Waals surface area contributed by atoms with E-state index in [0.29, 0.717) is 19.7 Å². The first-order chi connectivity index (χ1) is 12.6. The first kappa shape index (κ1) is 24.2. The molecule has 1 aliphatic heterocycles. The molecule has 0 saturated carbocycles. The number of amides is 1. The normalized spacial score (nSPS) is 15.1. The largest absolute Gasteiger partial charge is 0.492 e. The molecule has 0 radical (unpaired) electrons. The number of hydrogen-bond donors (Lipinski definition) is 1. The minimum Gasteiger partial charge on any atom is -0.492 e. The zero-order valence-corrected chi connectivity index (χ0v) is 17.8. The smallest absolute Gasteiger partial charge is 0.244 e. The van der Waals surface area contributed by atoms with Crippen molar-refractivity contribution in [3.8, 4) is 5.75 Å². The van der Waals surface area contributed by atoms with E-state index in [4.69, 9.17) is 10.5 Å². The standard InChI is InChI=1S/C21H27N3O2.2ClH/c1-17-7-9-18(10-8-17)20(22)21(25)24-13-11-23(12-14-24)15-16-26-19-5-3-2-4-6-19;;/h2-10,20H,11-16,22H2,1H3;2*1H. The number of aryl methyl sites for hydroxylation is 1. The highest BCUT2D eigenvalue weighted by atomic mass is 35.5. The van der Waals surface area contributed by atoms with E-state index in [2.05, 4.69) is 4.90 Å². The van der Waals surface area contributed by atoms with Crippen molar-refractivity contribution in [2.75, 3.05) is 39.3 Å². The molecule has 0 bridgehead atoms. The highest BCUT2D eigenvalue weighted by molar-refractivity contribution is 5.85. The van der Waals surface area contributed by atoms with Gasteiger partial charge >= 0.3 is 0 Å². The van der Waals surface area contributed by atoms with E-state index in [1.165, 1.54) is 5.56 Å². The summed E-state index contributed by atoms with van der Waals surface area (Å²) in [6.07, 6.45) is 0. The molecule has 0 spiro atoms.